The highest BCUT2D eigenvalue weighted by molar-refractivity contribution is 6.01. The van der Waals surface area contributed by atoms with Crippen molar-refractivity contribution in [3.63, 3.8) is 0 Å². The van der Waals surface area contributed by atoms with Crippen LogP contribution in [0.1, 0.15) is 32.1 Å². The molecular weight excluding hydrogens is 332 g/mol. The number of nitrogens with one attached hydrogen (secondary N) is 1. The number of hydrogen-bond acceptors (Lipinski definition) is 5. The van der Waals surface area contributed by atoms with Crippen molar-refractivity contribution < 1.29 is 14.1 Å². The summed E-state index contributed by atoms with van der Waals surface area (Å²) in [5.74, 6) is 0.342. The molecule has 0 atom stereocenters. The van der Waals surface area contributed by atoms with Crippen LogP contribution >= 0.6 is 0 Å². The van der Waals surface area contributed by atoms with Gasteiger partial charge in [0.15, 0.2) is 5.82 Å². The summed E-state index contributed by atoms with van der Waals surface area (Å²) in [6.07, 6.45) is 0. The summed E-state index contributed by atoms with van der Waals surface area (Å²) < 4.78 is 4.99. The van der Waals surface area contributed by atoms with Crippen LogP contribution in [0.2, 0.25) is 0 Å². The smallest absolute Gasteiger partial charge is 0.244 e. The Balaban J connectivity index is 2.10. The van der Waals surface area contributed by atoms with Crippen LogP contribution in [0.4, 0.5) is 17.2 Å². The lowest BCUT2D eigenvalue weighted by atomic mass is 10.1. The second kappa shape index (κ2) is 8.51. The number of amides is 2. The molecule has 0 unspecified atom stereocenters. The minimum atomic E-state index is -0.292. The summed E-state index contributed by atoms with van der Waals surface area (Å²) in [6.45, 7) is 11.0. The molecule has 0 aliphatic heterocycles. The van der Waals surface area contributed by atoms with Gasteiger partial charge in [0.1, 0.15) is 12.3 Å². The van der Waals surface area contributed by atoms with Crippen LogP contribution in [0.25, 0.3) is 0 Å². The number of rotatable bonds is 7. The topological polar surface area (TPSA) is 78.7 Å². The molecule has 2 amide bonds. The Bertz CT molecular complexity index is 781. The molecular formula is C19H26N4O3. The third-order valence-electron chi connectivity index (χ3n) is 4.19. The maximum Gasteiger partial charge on any atom is 0.244 e. The van der Waals surface area contributed by atoms with Gasteiger partial charge in [-0.1, -0.05) is 5.16 Å². The van der Waals surface area contributed by atoms with E-state index in [1.807, 2.05) is 25.1 Å². The molecule has 0 aliphatic rings. The molecule has 1 N–H and O–H groups in total. The minimum absolute atomic E-state index is 0.126. The van der Waals surface area contributed by atoms with Crippen LogP contribution in [0.3, 0.4) is 0 Å². The van der Waals surface area contributed by atoms with Crippen molar-refractivity contribution in [2.45, 2.75) is 34.6 Å². The van der Waals surface area contributed by atoms with Crippen molar-refractivity contribution in [1.82, 2.24) is 5.16 Å². The third-order valence-corrected chi connectivity index (χ3v) is 4.19. The lowest BCUT2D eigenvalue weighted by Gasteiger charge is -2.22. The van der Waals surface area contributed by atoms with E-state index < -0.39 is 0 Å². The second-order valence-corrected chi connectivity index (χ2v) is 6.12. The van der Waals surface area contributed by atoms with Gasteiger partial charge < -0.3 is 14.7 Å². The van der Waals surface area contributed by atoms with Gasteiger partial charge in [-0.15, -0.1) is 0 Å². The summed E-state index contributed by atoms with van der Waals surface area (Å²) in [7, 11) is 0. The van der Waals surface area contributed by atoms with Gasteiger partial charge in [0, 0.05) is 37.5 Å². The first-order valence-electron chi connectivity index (χ1n) is 8.72. The van der Waals surface area contributed by atoms with Gasteiger partial charge in [-0.25, -0.2) is 0 Å². The van der Waals surface area contributed by atoms with Gasteiger partial charge in [-0.3, -0.25) is 14.5 Å². The zero-order valence-corrected chi connectivity index (χ0v) is 16.0. The van der Waals surface area contributed by atoms with Crippen LogP contribution in [0, 0.1) is 13.8 Å². The van der Waals surface area contributed by atoms with Gasteiger partial charge in [0.2, 0.25) is 11.8 Å². The summed E-state index contributed by atoms with van der Waals surface area (Å²) in [6, 6.07) is 7.55. The standard InChI is InChI=1S/C19H26N4O3/c1-6-22(7-2)16-8-9-17(13(3)10-16)20-19(25)12-23(15(5)24)18-11-14(4)26-21-18/h8-11H,6-7,12H2,1-5H3,(H,20,25). The van der Waals surface area contributed by atoms with Gasteiger partial charge in [-0.05, 0) is 51.5 Å². The molecule has 0 spiro atoms. The molecule has 7 nitrogen and oxygen atoms in total. The number of carbonyl (C=O) groups excluding carboxylic acids is 2. The molecule has 0 aliphatic carbocycles. The average molecular weight is 358 g/mol. The summed E-state index contributed by atoms with van der Waals surface area (Å²) in [4.78, 5) is 27.8. The van der Waals surface area contributed by atoms with E-state index in [0.29, 0.717) is 11.6 Å². The van der Waals surface area contributed by atoms with Gasteiger partial charge in [-0.2, -0.15) is 0 Å². The molecule has 7 heteroatoms. The average Bonchev–Trinajstić information content (AvgIpc) is 3.02. The quantitative estimate of drug-likeness (QED) is 0.823. The van der Waals surface area contributed by atoms with Crippen molar-refractivity contribution in [1.29, 1.82) is 0 Å². The molecule has 140 valence electrons. The molecule has 2 rings (SSSR count). The molecule has 1 heterocycles. The normalized spacial score (nSPS) is 10.5. The fraction of sp³-hybridized carbons (Fsp3) is 0.421. The predicted octanol–water partition coefficient (Wildman–Crippen LogP) is 3.13. The van der Waals surface area contributed by atoms with E-state index in [0.717, 1.165) is 30.0 Å². The summed E-state index contributed by atoms with van der Waals surface area (Å²) in [5, 5.41) is 6.67. The first-order valence-corrected chi connectivity index (χ1v) is 8.72. The molecule has 1 aromatic carbocycles. The molecule has 0 radical (unpaired) electrons. The fourth-order valence-corrected chi connectivity index (χ4v) is 2.74. The molecule has 0 bridgehead atoms. The molecule has 0 saturated heterocycles. The van der Waals surface area contributed by atoms with E-state index >= 15 is 0 Å². The maximum absolute atomic E-state index is 12.4. The third kappa shape index (κ3) is 4.62. The van der Waals surface area contributed by atoms with E-state index in [1.165, 1.54) is 11.8 Å². The highest BCUT2D eigenvalue weighted by Crippen LogP contribution is 2.23. The maximum atomic E-state index is 12.4. The number of anilines is 3. The SMILES string of the molecule is CCN(CC)c1ccc(NC(=O)CN(C(C)=O)c2cc(C)on2)c(C)c1. The molecule has 26 heavy (non-hydrogen) atoms. The zero-order valence-electron chi connectivity index (χ0n) is 16.0. The summed E-state index contributed by atoms with van der Waals surface area (Å²) in [5.41, 5.74) is 2.81. The first-order chi connectivity index (χ1) is 12.3. The van der Waals surface area contributed by atoms with E-state index in [4.69, 9.17) is 4.52 Å². The Morgan fingerprint density at radius 3 is 2.35 bits per heavy atom. The van der Waals surface area contributed by atoms with Gasteiger partial charge >= 0.3 is 0 Å². The van der Waals surface area contributed by atoms with Crippen molar-refractivity contribution in [3.8, 4) is 0 Å². The second-order valence-electron chi connectivity index (χ2n) is 6.12. The van der Waals surface area contributed by atoms with Crippen LogP contribution in [0.15, 0.2) is 28.8 Å². The van der Waals surface area contributed by atoms with E-state index in [-0.39, 0.29) is 18.4 Å². The van der Waals surface area contributed by atoms with E-state index in [2.05, 4.69) is 29.2 Å². The zero-order chi connectivity index (χ0) is 19.3. The highest BCUT2D eigenvalue weighted by atomic mass is 16.5. The van der Waals surface area contributed by atoms with Crippen LogP contribution in [-0.4, -0.2) is 36.6 Å². The fourth-order valence-electron chi connectivity index (χ4n) is 2.74. The minimum Gasteiger partial charge on any atom is -0.372 e. The Morgan fingerprint density at radius 1 is 1.15 bits per heavy atom. The number of hydrogen-bond donors (Lipinski definition) is 1. The Kier molecular flexibility index (Phi) is 6.38. The monoisotopic (exact) mass is 358 g/mol. The lowest BCUT2D eigenvalue weighted by Crippen LogP contribution is -2.37. The van der Waals surface area contributed by atoms with Crippen LogP contribution in [0.5, 0.6) is 0 Å². The van der Waals surface area contributed by atoms with Gasteiger partial charge in [0.25, 0.3) is 0 Å². The van der Waals surface area contributed by atoms with Crippen LogP contribution in [-0.2, 0) is 9.59 Å². The van der Waals surface area contributed by atoms with Crippen molar-refractivity contribution in [2.24, 2.45) is 0 Å². The Labute approximate surface area is 153 Å². The van der Waals surface area contributed by atoms with Crippen molar-refractivity contribution in [2.75, 3.05) is 34.8 Å². The predicted molar refractivity (Wildman–Crippen MR) is 103 cm³/mol. The highest BCUT2D eigenvalue weighted by Gasteiger charge is 2.19. The Hall–Kier alpha value is -2.83. The molecule has 0 saturated carbocycles. The number of nitrogens with zero attached hydrogens (tertiary/aromatic N) is 3. The molecule has 2 aromatic rings. The largest absolute Gasteiger partial charge is 0.372 e. The molecule has 1 aromatic heterocycles. The van der Waals surface area contributed by atoms with Gasteiger partial charge in [0.05, 0.1) is 0 Å². The van der Waals surface area contributed by atoms with Crippen molar-refractivity contribution in [3.05, 3.63) is 35.6 Å². The molecule has 0 fully saturated rings. The van der Waals surface area contributed by atoms with Crippen molar-refractivity contribution >= 4 is 29.0 Å². The number of carbonyl (C=O) groups is 2. The number of aromatic nitrogens is 1. The van der Waals surface area contributed by atoms with Crippen LogP contribution < -0.4 is 15.1 Å². The number of benzene rings is 1. The first kappa shape index (κ1) is 19.5. The number of aryl methyl sites for hydroxylation is 2. The summed E-state index contributed by atoms with van der Waals surface area (Å²) >= 11 is 0. The van der Waals surface area contributed by atoms with E-state index in [1.54, 1.807) is 13.0 Å². The Morgan fingerprint density at radius 2 is 1.85 bits per heavy atom. The lowest BCUT2D eigenvalue weighted by molar-refractivity contribution is -0.120. The van der Waals surface area contributed by atoms with E-state index in [9.17, 15) is 9.59 Å².